The zero-order valence-corrected chi connectivity index (χ0v) is 23.0. The standard InChI is InChI=1S/C32H37NO8/c34-17-22-16-25-30(32(39)33(31(25)38)14-6-2-5-9-28(36)37)26-19-40-27(29(22)26)13-10-21(20-7-3-1-4-8-20)15-23-11-12-24(18-35)41-23/h1,3-4,7-8,11-12,15,25-27,30,34-35H,2,5-6,9-10,13-14,16-19H2,(H,36,37)/b21-15-/t25-,26+,27-,30-/m1/s1. The average molecular weight is 564 g/mol. The number of amides is 2. The summed E-state index contributed by atoms with van der Waals surface area (Å²) >= 11 is 0. The van der Waals surface area contributed by atoms with Gasteiger partial charge in [0.2, 0.25) is 11.8 Å². The number of carboxylic acids is 1. The molecule has 2 amide bonds. The molecule has 1 aromatic carbocycles. The van der Waals surface area contributed by atoms with E-state index in [1.807, 2.05) is 42.5 Å². The average Bonchev–Trinajstić information content (AvgIpc) is 3.68. The molecule has 2 aromatic rings. The topological polar surface area (TPSA) is 138 Å². The number of nitrogens with zero attached hydrogens (tertiary/aromatic N) is 1. The Bertz CT molecular complexity index is 1330. The number of imide groups is 1. The number of furan rings is 1. The van der Waals surface area contributed by atoms with Gasteiger partial charge in [0, 0.05) is 18.9 Å². The van der Waals surface area contributed by atoms with Crippen LogP contribution in [0.2, 0.25) is 0 Å². The quantitative estimate of drug-likeness (QED) is 0.189. The van der Waals surface area contributed by atoms with Crippen LogP contribution in [0.5, 0.6) is 0 Å². The number of rotatable bonds is 13. The zero-order valence-electron chi connectivity index (χ0n) is 23.0. The number of aliphatic hydroxyl groups excluding tert-OH is 2. The van der Waals surface area contributed by atoms with Crippen LogP contribution < -0.4 is 0 Å². The van der Waals surface area contributed by atoms with Crippen molar-refractivity contribution in [2.45, 2.75) is 57.7 Å². The molecular weight excluding hydrogens is 526 g/mol. The first kappa shape index (κ1) is 29.0. The van der Waals surface area contributed by atoms with E-state index in [-0.39, 0.29) is 43.5 Å². The van der Waals surface area contributed by atoms with Gasteiger partial charge in [-0.3, -0.25) is 19.3 Å². The Kier molecular flexibility index (Phi) is 9.17. The second-order valence-corrected chi connectivity index (χ2v) is 11.1. The summed E-state index contributed by atoms with van der Waals surface area (Å²) in [5.74, 6) is -1.29. The van der Waals surface area contributed by atoms with Crippen LogP contribution in [0.1, 0.15) is 62.0 Å². The second kappa shape index (κ2) is 13.0. The number of fused-ring (bicyclic) bond motifs is 3. The van der Waals surface area contributed by atoms with Crippen molar-refractivity contribution in [2.24, 2.45) is 17.8 Å². The lowest BCUT2D eigenvalue weighted by atomic mass is 9.69. The van der Waals surface area contributed by atoms with Crippen LogP contribution in [0.4, 0.5) is 0 Å². The number of carbonyl (C=O) groups excluding carboxylic acids is 2. The first-order chi connectivity index (χ1) is 19.9. The summed E-state index contributed by atoms with van der Waals surface area (Å²) < 4.78 is 12.0. The number of hydrogen-bond acceptors (Lipinski definition) is 7. The third kappa shape index (κ3) is 6.22. The van der Waals surface area contributed by atoms with Crippen molar-refractivity contribution < 1.29 is 38.9 Å². The van der Waals surface area contributed by atoms with Gasteiger partial charge in [-0.15, -0.1) is 0 Å². The molecule has 3 heterocycles. The molecule has 41 heavy (non-hydrogen) atoms. The van der Waals surface area contributed by atoms with Crippen LogP contribution in [-0.2, 0) is 25.7 Å². The Hall–Kier alpha value is -3.53. The van der Waals surface area contributed by atoms with Gasteiger partial charge in [-0.05, 0) is 72.6 Å². The molecular formula is C32H37NO8. The molecule has 2 saturated heterocycles. The molecule has 1 aliphatic carbocycles. The number of aliphatic hydroxyl groups is 2. The van der Waals surface area contributed by atoms with Crippen LogP contribution in [0.3, 0.4) is 0 Å². The number of carbonyl (C=O) groups is 3. The van der Waals surface area contributed by atoms with Crippen LogP contribution in [0, 0.1) is 17.8 Å². The van der Waals surface area contributed by atoms with E-state index in [9.17, 15) is 24.6 Å². The lowest BCUT2D eigenvalue weighted by Gasteiger charge is -2.31. The number of aliphatic carboxylic acids is 1. The van der Waals surface area contributed by atoms with Crippen LogP contribution in [-0.4, -0.2) is 63.9 Å². The molecule has 0 radical (unpaired) electrons. The highest BCUT2D eigenvalue weighted by Gasteiger charge is 2.56. The van der Waals surface area contributed by atoms with Crippen molar-refractivity contribution in [3.63, 3.8) is 0 Å². The first-order valence-corrected chi connectivity index (χ1v) is 14.4. The summed E-state index contributed by atoms with van der Waals surface area (Å²) in [4.78, 5) is 38.9. The summed E-state index contributed by atoms with van der Waals surface area (Å²) in [5.41, 5.74) is 3.84. The fourth-order valence-corrected chi connectivity index (χ4v) is 6.60. The van der Waals surface area contributed by atoms with E-state index in [0.717, 1.165) is 22.3 Å². The maximum atomic E-state index is 13.5. The summed E-state index contributed by atoms with van der Waals surface area (Å²) in [6, 6.07) is 13.5. The third-order valence-corrected chi connectivity index (χ3v) is 8.54. The summed E-state index contributed by atoms with van der Waals surface area (Å²) in [7, 11) is 0. The highest BCUT2D eigenvalue weighted by Crippen LogP contribution is 2.50. The summed E-state index contributed by atoms with van der Waals surface area (Å²) in [5, 5.41) is 28.5. The minimum Gasteiger partial charge on any atom is -0.481 e. The minimum absolute atomic E-state index is 0.0769. The predicted molar refractivity (Wildman–Crippen MR) is 150 cm³/mol. The van der Waals surface area contributed by atoms with Crippen LogP contribution in [0.15, 0.2) is 58.0 Å². The minimum atomic E-state index is -0.849. The second-order valence-electron chi connectivity index (χ2n) is 11.1. The number of benzene rings is 1. The van der Waals surface area contributed by atoms with E-state index < -0.39 is 17.8 Å². The predicted octanol–water partition coefficient (Wildman–Crippen LogP) is 4.05. The molecule has 4 atom stereocenters. The molecule has 9 heteroatoms. The largest absolute Gasteiger partial charge is 0.481 e. The summed E-state index contributed by atoms with van der Waals surface area (Å²) in [6.07, 6.45) is 5.13. The van der Waals surface area contributed by atoms with Crippen molar-refractivity contribution in [2.75, 3.05) is 19.8 Å². The summed E-state index contributed by atoms with van der Waals surface area (Å²) in [6.45, 7) is 0.276. The van der Waals surface area contributed by atoms with Crippen molar-refractivity contribution >= 4 is 29.4 Å². The molecule has 5 rings (SSSR count). The molecule has 1 aromatic heterocycles. The Morgan fingerprint density at radius 2 is 1.76 bits per heavy atom. The normalized spacial score (nSPS) is 24.2. The lowest BCUT2D eigenvalue weighted by Crippen LogP contribution is -2.35. The Balaban J connectivity index is 1.30. The molecule has 0 saturated carbocycles. The fraction of sp³-hybridized carbons (Fsp3) is 0.469. The maximum absolute atomic E-state index is 13.5. The number of carboxylic acid groups (broad SMARTS) is 1. The molecule has 3 N–H and O–H groups in total. The molecule has 3 aliphatic rings. The molecule has 9 nitrogen and oxygen atoms in total. The van der Waals surface area contributed by atoms with Gasteiger partial charge in [0.25, 0.3) is 0 Å². The number of ether oxygens (including phenoxy) is 1. The van der Waals surface area contributed by atoms with Gasteiger partial charge in [0.15, 0.2) is 0 Å². The number of unbranched alkanes of at least 4 members (excludes halogenated alkanes) is 2. The van der Waals surface area contributed by atoms with E-state index >= 15 is 0 Å². The third-order valence-electron chi connectivity index (χ3n) is 8.54. The van der Waals surface area contributed by atoms with E-state index in [2.05, 4.69) is 0 Å². The van der Waals surface area contributed by atoms with Crippen molar-refractivity contribution in [3.05, 3.63) is 70.7 Å². The molecule has 2 aliphatic heterocycles. The van der Waals surface area contributed by atoms with Gasteiger partial charge in [0.05, 0.1) is 31.2 Å². The van der Waals surface area contributed by atoms with Gasteiger partial charge >= 0.3 is 5.97 Å². The molecule has 0 unspecified atom stereocenters. The monoisotopic (exact) mass is 563 g/mol. The van der Waals surface area contributed by atoms with E-state index in [1.165, 1.54) is 4.90 Å². The van der Waals surface area contributed by atoms with E-state index in [4.69, 9.17) is 14.3 Å². The van der Waals surface area contributed by atoms with Crippen LogP contribution >= 0.6 is 0 Å². The molecule has 0 bridgehead atoms. The SMILES string of the molecule is O=C(O)CCCCCN1C(=O)[C@@H]2[C@@H](CC(CO)=C3[C@@H](CC/C(=C/c4ccc(CO)o4)c4ccccc4)OC[C@@H]32)C1=O. The van der Waals surface area contributed by atoms with Crippen LogP contribution in [0.25, 0.3) is 11.6 Å². The Morgan fingerprint density at radius 1 is 0.951 bits per heavy atom. The van der Waals surface area contributed by atoms with E-state index in [1.54, 1.807) is 6.07 Å². The van der Waals surface area contributed by atoms with Crippen molar-refractivity contribution in [3.8, 4) is 0 Å². The van der Waals surface area contributed by atoms with E-state index in [0.29, 0.717) is 63.2 Å². The fourth-order valence-electron chi connectivity index (χ4n) is 6.60. The number of allylic oxidation sites excluding steroid dienone is 1. The molecule has 0 spiro atoms. The number of likely N-dealkylation sites (tertiary alicyclic amines) is 1. The molecule has 218 valence electrons. The van der Waals surface area contributed by atoms with Crippen molar-refractivity contribution in [1.29, 1.82) is 0 Å². The van der Waals surface area contributed by atoms with Crippen molar-refractivity contribution in [1.82, 2.24) is 4.90 Å². The zero-order chi connectivity index (χ0) is 28.9. The van der Waals surface area contributed by atoms with Gasteiger partial charge in [-0.25, -0.2) is 0 Å². The Morgan fingerprint density at radius 3 is 2.46 bits per heavy atom. The van der Waals surface area contributed by atoms with Gasteiger partial charge < -0.3 is 24.5 Å². The number of hydrogen-bond donors (Lipinski definition) is 3. The highest BCUT2D eigenvalue weighted by molar-refractivity contribution is 6.06. The van der Waals surface area contributed by atoms with Gasteiger partial charge in [-0.1, -0.05) is 36.8 Å². The highest BCUT2D eigenvalue weighted by atomic mass is 16.5. The van der Waals surface area contributed by atoms with Gasteiger partial charge in [0.1, 0.15) is 18.1 Å². The van der Waals surface area contributed by atoms with Gasteiger partial charge in [-0.2, -0.15) is 0 Å². The first-order valence-electron chi connectivity index (χ1n) is 14.4. The Labute approximate surface area is 239 Å². The smallest absolute Gasteiger partial charge is 0.303 e. The lowest BCUT2D eigenvalue weighted by molar-refractivity contribution is -0.141. The molecule has 2 fully saturated rings. The maximum Gasteiger partial charge on any atom is 0.303 e.